The predicted octanol–water partition coefficient (Wildman–Crippen LogP) is 3.50. The van der Waals surface area contributed by atoms with Gasteiger partial charge in [-0.1, -0.05) is 38.9 Å². The zero-order valence-electron chi connectivity index (χ0n) is 13.2. The fourth-order valence-corrected chi connectivity index (χ4v) is 3.61. The molecule has 118 valence electrons. The molecule has 1 heterocycles. The average Bonchev–Trinajstić information content (AvgIpc) is 2.84. The minimum Gasteiger partial charge on any atom is -0.392 e. The Kier molecular flexibility index (Phi) is 6.74. The highest BCUT2D eigenvalue weighted by Crippen LogP contribution is 2.32. The van der Waals surface area contributed by atoms with Crippen LogP contribution in [0.5, 0.6) is 0 Å². The van der Waals surface area contributed by atoms with Crippen LogP contribution in [0, 0.1) is 12.3 Å². The fraction of sp³-hybridized carbons (Fsp3) is 0.667. The Morgan fingerprint density at radius 3 is 2.43 bits per heavy atom. The highest BCUT2D eigenvalue weighted by atomic mass is 32.1. The Morgan fingerprint density at radius 1 is 1.48 bits per heavy atom. The zero-order chi connectivity index (χ0) is 16.0. The molecule has 6 heteroatoms. The Labute approximate surface area is 136 Å². The van der Waals surface area contributed by atoms with E-state index >= 15 is 0 Å². The molecule has 0 radical (unpaired) electrons. The molecule has 4 nitrogen and oxygen atoms in total. The van der Waals surface area contributed by atoms with Crippen LogP contribution < -0.4 is 11.1 Å². The monoisotopic (exact) mass is 327 g/mol. The maximum atomic E-state index is 12.8. The largest absolute Gasteiger partial charge is 0.392 e. The molecule has 0 aromatic carbocycles. The molecule has 1 unspecified atom stereocenters. The van der Waals surface area contributed by atoms with Gasteiger partial charge >= 0.3 is 0 Å². The SMILES string of the molecule is CCCC(CCC)(C(=O)NC(C)c1ncc(C)s1)C(N)=S. The summed E-state index contributed by atoms with van der Waals surface area (Å²) in [4.78, 5) is 18.5. The molecule has 3 N–H and O–H groups in total. The van der Waals surface area contributed by atoms with Gasteiger partial charge in [0, 0.05) is 11.1 Å². The number of rotatable bonds is 8. The molecule has 1 aromatic heterocycles. The van der Waals surface area contributed by atoms with Crippen LogP contribution >= 0.6 is 23.6 Å². The minimum absolute atomic E-state index is 0.0703. The molecule has 21 heavy (non-hydrogen) atoms. The predicted molar refractivity (Wildman–Crippen MR) is 92.4 cm³/mol. The van der Waals surface area contributed by atoms with Crippen LogP contribution in [-0.2, 0) is 4.79 Å². The standard InChI is InChI=1S/C15H25N3OS2/c1-5-7-15(8-6-2,13(16)20)14(19)18-11(4)12-17-9-10(3)21-12/h9,11H,5-8H2,1-4H3,(H2,16,20)(H,18,19). The number of carbonyl (C=O) groups is 1. The Balaban J connectivity index is 2.92. The summed E-state index contributed by atoms with van der Waals surface area (Å²) in [5.41, 5.74) is 5.18. The number of amides is 1. The number of nitrogens with zero attached hydrogens (tertiary/aromatic N) is 1. The molecule has 0 spiro atoms. The summed E-state index contributed by atoms with van der Waals surface area (Å²) in [6, 6.07) is -0.126. The van der Waals surface area contributed by atoms with E-state index in [-0.39, 0.29) is 11.9 Å². The maximum Gasteiger partial charge on any atom is 0.233 e. The van der Waals surface area contributed by atoms with Gasteiger partial charge < -0.3 is 11.1 Å². The number of thiazole rings is 1. The van der Waals surface area contributed by atoms with Crippen molar-refractivity contribution in [3.05, 3.63) is 16.1 Å². The van der Waals surface area contributed by atoms with Gasteiger partial charge in [0.25, 0.3) is 0 Å². The topological polar surface area (TPSA) is 68.0 Å². The van der Waals surface area contributed by atoms with Gasteiger partial charge in [0.2, 0.25) is 5.91 Å². The third kappa shape index (κ3) is 4.23. The van der Waals surface area contributed by atoms with Crippen molar-refractivity contribution in [3.8, 4) is 0 Å². The van der Waals surface area contributed by atoms with Gasteiger partial charge in [0.1, 0.15) is 5.01 Å². The summed E-state index contributed by atoms with van der Waals surface area (Å²) in [6.45, 7) is 8.04. The van der Waals surface area contributed by atoms with E-state index in [4.69, 9.17) is 18.0 Å². The second-order valence-corrected chi connectivity index (χ2v) is 7.16. The van der Waals surface area contributed by atoms with Gasteiger partial charge in [-0.2, -0.15) is 0 Å². The number of hydrogen-bond acceptors (Lipinski definition) is 4. The average molecular weight is 328 g/mol. The molecule has 0 aliphatic heterocycles. The molecule has 0 fully saturated rings. The van der Waals surface area contributed by atoms with E-state index in [1.165, 1.54) is 0 Å². The summed E-state index contributed by atoms with van der Waals surface area (Å²) in [6.07, 6.45) is 4.93. The molecule has 0 aliphatic rings. The van der Waals surface area contributed by atoms with Crippen LogP contribution in [0.15, 0.2) is 6.20 Å². The van der Waals surface area contributed by atoms with Crippen molar-refractivity contribution in [1.82, 2.24) is 10.3 Å². The van der Waals surface area contributed by atoms with Crippen LogP contribution in [0.4, 0.5) is 0 Å². The molecule has 0 saturated heterocycles. The third-order valence-corrected chi connectivity index (χ3v) is 5.10. The van der Waals surface area contributed by atoms with Crippen molar-refractivity contribution >= 4 is 34.5 Å². The summed E-state index contributed by atoms with van der Waals surface area (Å²) in [7, 11) is 0. The van der Waals surface area contributed by atoms with Crippen LogP contribution in [0.2, 0.25) is 0 Å². The number of hydrogen-bond donors (Lipinski definition) is 2. The van der Waals surface area contributed by atoms with Crippen LogP contribution in [0.3, 0.4) is 0 Å². The molecule has 1 atom stereocenters. The second kappa shape index (κ2) is 7.84. The van der Waals surface area contributed by atoms with Crippen LogP contribution in [-0.4, -0.2) is 15.9 Å². The molecule has 0 saturated carbocycles. The van der Waals surface area contributed by atoms with Crippen molar-refractivity contribution in [2.75, 3.05) is 0 Å². The molecule has 0 aliphatic carbocycles. The van der Waals surface area contributed by atoms with E-state index in [0.717, 1.165) is 22.7 Å². The first-order valence-corrected chi connectivity index (χ1v) is 8.63. The first-order chi connectivity index (χ1) is 9.87. The highest BCUT2D eigenvalue weighted by Gasteiger charge is 2.40. The van der Waals surface area contributed by atoms with E-state index in [0.29, 0.717) is 17.8 Å². The number of thiocarbonyl (C=S) groups is 1. The van der Waals surface area contributed by atoms with Gasteiger partial charge in [-0.3, -0.25) is 4.79 Å². The molecule has 1 aromatic rings. The number of aromatic nitrogens is 1. The number of nitrogens with one attached hydrogen (secondary N) is 1. The van der Waals surface area contributed by atoms with Crippen molar-refractivity contribution in [3.63, 3.8) is 0 Å². The van der Waals surface area contributed by atoms with Gasteiger partial charge in [0.05, 0.1) is 16.4 Å². The van der Waals surface area contributed by atoms with Crippen LogP contribution in [0.25, 0.3) is 0 Å². The molecular weight excluding hydrogens is 302 g/mol. The van der Waals surface area contributed by atoms with Gasteiger partial charge in [-0.05, 0) is 26.7 Å². The molecule has 0 bridgehead atoms. The van der Waals surface area contributed by atoms with Crippen molar-refractivity contribution in [2.45, 2.75) is 59.4 Å². The lowest BCUT2D eigenvalue weighted by molar-refractivity contribution is -0.128. The maximum absolute atomic E-state index is 12.8. The lowest BCUT2D eigenvalue weighted by atomic mass is 9.78. The number of carbonyl (C=O) groups excluding carboxylic acids is 1. The Bertz CT molecular complexity index is 493. The summed E-state index contributed by atoms with van der Waals surface area (Å²) >= 11 is 6.81. The fourth-order valence-electron chi connectivity index (χ4n) is 2.53. The van der Waals surface area contributed by atoms with Crippen molar-refractivity contribution in [2.24, 2.45) is 11.1 Å². The van der Waals surface area contributed by atoms with Crippen LogP contribution in [0.1, 0.15) is 62.4 Å². The minimum atomic E-state index is -0.737. The Morgan fingerprint density at radius 2 is 2.05 bits per heavy atom. The smallest absolute Gasteiger partial charge is 0.233 e. The van der Waals surface area contributed by atoms with E-state index in [1.54, 1.807) is 11.3 Å². The lowest BCUT2D eigenvalue weighted by Gasteiger charge is -2.32. The lowest BCUT2D eigenvalue weighted by Crippen LogP contribution is -2.49. The summed E-state index contributed by atoms with van der Waals surface area (Å²) in [5.74, 6) is -0.0703. The molecule has 1 amide bonds. The van der Waals surface area contributed by atoms with E-state index in [2.05, 4.69) is 10.3 Å². The first-order valence-electron chi connectivity index (χ1n) is 7.40. The van der Waals surface area contributed by atoms with Gasteiger partial charge in [-0.25, -0.2) is 4.98 Å². The van der Waals surface area contributed by atoms with Gasteiger partial charge in [-0.15, -0.1) is 11.3 Å². The molecular formula is C15H25N3OS2. The third-order valence-electron chi connectivity index (χ3n) is 3.62. The van der Waals surface area contributed by atoms with Crippen molar-refractivity contribution < 1.29 is 4.79 Å². The number of nitrogens with two attached hydrogens (primary N) is 1. The number of aryl methyl sites for hydroxylation is 1. The zero-order valence-corrected chi connectivity index (χ0v) is 14.9. The van der Waals surface area contributed by atoms with Gasteiger partial charge in [0.15, 0.2) is 0 Å². The normalized spacial score (nSPS) is 13.0. The van der Waals surface area contributed by atoms with Crippen molar-refractivity contribution in [1.29, 1.82) is 0 Å². The van der Waals surface area contributed by atoms with E-state index in [1.807, 2.05) is 33.9 Å². The van der Waals surface area contributed by atoms with E-state index < -0.39 is 5.41 Å². The molecule has 1 rings (SSSR count). The van der Waals surface area contributed by atoms with E-state index in [9.17, 15) is 4.79 Å². The summed E-state index contributed by atoms with van der Waals surface area (Å²) in [5, 5.41) is 3.95. The highest BCUT2D eigenvalue weighted by molar-refractivity contribution is 7.80. The second-order valence-electron chi connectivity index (χ2n) is 5.45. The summed E-state index contributed by atoms with van der Waals surface area (Å²) < 4.78 is 0. The quantitative estimate of drug-likeness (QED) is 0.717. The Hall–Kier alpha value is -1.01. The first kappa shape index (κ1) is 18.0.